The minimum atomic E-state index is -3.64. The average molecular weight is 357 g/mol. The van der Waals surface area contributed by atoms with E-state index in [1.807, 2.05) is 0 Å². The predicted octanol–water partition coefficient (Wildman–Crippen LogP) is 2.98. The van der Waals surface area contributed by atoms with Gasteiger partial charge in [0, 0.05) is 25.3 Å². The van der Waals surface area contributed by atoms with E-state index in [1.54, 1.807) is 0 Å². The molecule has 0 heterocycles. The summed E-state index contributed by atoms with van der Waals surface area (Å²) in [5.74, 6) is -1.21. The van der Waals surface area contributed by atoms with Crippen molar-refractivity contribution in [2.45, 2.75) is 4.90 Å². The number of hydrogen-bond acceptors (Lipinski definition) is 3. The molecule has 0 aliphatic carbocycles. The summed E-state index contributed by atoms with van der Waals surface area (Å²) in [6, 6.07) is 9.44. The van der Waals surface area contributed by atoms with Crippen molar-refractivity contribution in [1.29, 1.82) is 0 Å². The van der Waals surface area contributed by atoms with Gasteiger partial charge in [0.25, 0.3) is 5.91 Å². The standard InChI is InChI=1S/C15H14ClFN2O3S/c1-19(2)23(21,22)12-5-3-4-10(8-12)15(20)18-11-6-7-13(16)14(17)9-11/h3-9H,1-2H3,(H,18,20). The zero-order valence-corrected chi connectivity index (χ0v) is 14.0. The van der Waals surface area contributed by atoms with Crippen molar-refractivity contribution in [3.05, 3.63) is 58.9 Å². The summed E-state index contributed by atoms with van der Waals surface area (Å²) < 4.78 is 38.6. The third-order valence-corrected chi connectivity index (χ3v) is 5.17. The molecule has 0 bridgehead atoms. The molecule has 0 saturated carbocycles. The van der Waals surface area contributed by atoms with E-state index in [4.69, 9.17) is 11.6 Å². The Kier molecular flexibility index (Phi) is 5.03. The lowest BCUT2D eigenvalue weighted by atomic mass is 10.2. The maximum atomic E-state index is 13.4. The van der Waals surface area contributed by atoms with Gasteiger partial charge in [-0.05, 0) is 36.4 Å². The first-order chi connectivity index (χ1) is 10.7. The lowest BCUT2D eigenvalue weighted by molar-refractivity contribution is 0.102. The first-order valence-electron chi connectivity index (χ1n) is 6.51. The van der Waals surface area contributed by atoms with Gasteiger partial charge in [0.1, 0.15) is 5.82 Å². The summed E-state index contributed by atoms with van der Waals surface area (Å²) >= 11 is 5.58. The SMILES string of the molecule is CN(C)S(=O)(=O)c1cccc(C(=O)Nc2ccc(Cl)c(F)c2)c1. The van der Waals surface area contributed by atoms with Gasteiger partial charge in [0.15, 0.2) is 0 Å². The van der Waals surface area contributed by atoms with Crippen LogP contribution < -0.4 is 5.32 Å². The molecule has 0 aliphatic heterocycles. The Balaban J connectivity index is 2.28. The summed E-state index contributed by atoms with van der Waals surface area (Å²) in [5, 5.41) is 2.43. The van der Waals surface area contributed by atoms with Gasteiger partial charge in [-0.25, -0.2) is 17.1 Å². The van der Waals surface area contributed by atoms with Crippen molar-refractivity contribution in [2.24, 2.45) is 0 Å². The van der Waals surface area contributed by atoms with Gasteiger partial charge in [0.2, 0.25) is 10.0 Å². The number of halogens is 2. The number of hydrogen-bond donors (Lipinski definition) is 1. The fourth-order valence-electron chi connectivity index (χ4n) is 1.79. The summed E-state index contributed by atoms with van der Waals surface area (Å²) in [4.78, 5) is 12.2. The maximum Gasteiger partial charge on any atom is 0.255 e. The minimum Gasteiger partial charge on any atom is -0.322 e. The molecular weight excluding hydrogens is 343 g/mol. The molecule has 0 saturated heterocycles. The zero-order chi connectivity index (χ0) is 17.2. The number of nitrogens with zero attached hydrogens (tertiary/aromatic N) is 1. The Morgan fingerprint density at radius 2 is 1.87 bits per heavy atom. The second-order valence-electron chi connectivity index (χ2n) is 4.90. The molecule has 2 rings (SSSR count). The molecule has 23 heavy (non-hydrogen) atoms. The molecule has 0 unspecified atom stereocenters. The number of nitrogens with one attached hydrogen (secondary N) is 1. The summed E-state index contributed by atoms with van der Waals surface area (Å²) in [7, 11) is -0.840. The summed E-state index contributed by atoms with van der Waals surface area (Å²) in [5.41, 5.74) is 0.362. The second kappa shape index (κ2) is 6.66. The number of carbonyl (C=O) groups is 1. The van der Waals surface area contributed by atoms with Crippen LogP contribution in [0.4, 0.5) is 10.1 Å². The quantitative estimate of drug-likeness (QED) is 0.915. The van der Waals surface area contributed by atoms with Gasteiger partial charge < -0.3 is 5.32 Å². The Morgan fingerprint density at radius 1 is 1.17 bits per heavy atom. The van der Waals surface area contributed by atoms with Crippen molar-refractivity contribution in [1.82, 2.24) is 4.31 Å². The molecule has 122 valence electrons. The number of benzene rings is 2. The Morgan fingerprint density at radius 3 is 2.48 bits per heavy atom. The Bertz CT molecular complexity index is 854. The smallest absolute Gasteiger partial charge is 0.255 e. The van der Waals surface area contributed by atoms with Gasteiger partial charge in [0.05, 0.1) is 9.92 Å². The van der Waals surface area contributed by atoms with Crippen LogP contribution in [-0.2, 0) is 10.0 Å². The van der Waals surface area contributed by atoms with Crippen LogP contribution in [0.2, 0.25) is 5.02 Å². The third-order valence-electron chi connectivity index (χ3n) is 3.05. The van der Waals surface area contributed by atoms with E-state index in [0.29, 0.717) is 0 Å². The van der Waals surface area contributed by atoms with Crippen LogP contribution in [0, 0.1) is 5.82 Å². The molecule has 0 atom stereocenters. The van der Waals surface area contributed by atoms with Crippen LogP contribution in [0.25, 0.3) is 0 Å². The minimum absolute atomic E-state index is 0.00237. The van der Waals surface area contributed by atoms with Crippen molar-refractivity contribution < 1.29 is 17.6 Å². The highest BCUT2D eigenvalue weighted by atomic mass is 35.5. The number of rotatable bonds is 4. The van der Waals surface area contributed by atoms with E-state index in [0.717, 1.165) is 10.4 Å². The van der Waals surface area contributed by atoms with Gasteiger partial charge in [-0.15, -0.1) is 0 Å². The monoisotopic (exact) mass is 356 g/mol. The third kappa shape index (κ3) is 3.87. The van der Waals surface area contributed by atoms with Crippen LogP contribution in [-0.4, -0.2) is 32.7 Å². The number of anilines is 1. The van der Waals surface area contributed by atoms with Crippen molar-refractivity contribution in [3.8, 4) is 0 Å². The molecule has 1 amide bonds. The fourth-order valence-corrected chi connectivity index (χ4v) is 2.85. The number of carbonyl (C=O) groups excluding carboxylic acids is 1. The molecule has 1 N–H and O–H groups in total. The average Bonchev–Trinajstić information content (AvgIpc) is 2.51. The summed E-state index contributed by atoms with van der Waals surface area (Å²) in [6.07, 6.45) is 0. The highest BCUT2D eigenvalue weighted by Gasteiger charge is 2.18. The zero-order valence-electron chi connectivity index (χ0n) is 12.4. The highest BCUT2D eigenvalue weighted by Crippen LogP contribution is 2.20. The topological polar surface area (TPSA) is 66.5 Å². The molecule has 2 aromatic carbocycles. The highest BCUT2D eigenvalue weighted by molar-refractivity contribution is 7.89. The van der Waals surface area contributed by atoms with Crippen LogP contribution in [0.5, 0.6) is 0 Å². The largest absolute Gasteiger partial charge is 0.322 e. The van der Waals surface area contributed by atoms with E-state index >= 15 is 0 Å². The van der Waals surface area contributed by atoms with Crippen molar-refractivity contribution >= 4 is 33.2 Å². The van der Waals surface area contributed by atoms with Crippen LogP contribution >= 0.6 is 11.6 Å². The van der Waals surface area contributed by atoms with Crippen LogP contribution in [0.3, 0.4) is 0 Å². The first kappa shape index (κ1) is 17.4. The summed E-state index contributed by atoms with van der Waals surface area (Å²) in [6.45, 7) is 0. The van der Waals surface area contributed by atoms with Crippen molar-refractivity contribution in [2.75, 3.05) is 19.4 Å². The molecule has 8 heteroatoms. The van der Waals surface area contributed by atoms with Gasteiger partial charge in [-0.3, -0.25) is 4.79 Å². The van der Waals surface area contributed by atoms with Gasteiger partial charge in [-0.2, -0.15) is 0 Å². The van der Waals surface area contributed by atoms with Crippen molar-refractivity contribution in [3.63, 3.8) is 0 Å². The molecule has 5 nitrogen and oxygen atoms in total. The molecule has 2 aromatic rings. The predicted molar refractivity (Wildman–Crippen MR) is 86.7 cm³/mol. The Labute approximate surface area is 138 Å². The second-order valence-corrected chi connectivity index (χ2v) is 7.46. The van der Waals surface area contributed by atoms with E-state index in [2.05, 4.69) is 5.32 Å². The molecule has 0 aliphatic rings. The van der Waals surface area contributed by atoms with Crippen LogP contribution in [0.1, 0.15) is 10.4 Å². The lowest BCUT2D eigenvalue weighted by Gasteiger charge is -2.12. The van der Waals surface area contributed by atoms with E-state index < -0.39 is 21.7 Å². The van der Waals surface area contributed by atoms with Crippen LogP contribution in [0.15, 0.2) is 47.4 Å². The maximum absolute atomic E-state index is 13.4. The molecule has 0 spiro atoms. The molecular formula is C15H14ClFN2O3S. The van der Waals surface area contributed by atoms with E-state index in [9.17, 15) is 17.6 Å². The van der Waals surface area contributed by atoms with E-state index in [1.165, 1.54) is 50.5 Å². The molecule has 0 radical (unpaired) electrons. The van der Waals surface area contributed by atoms with Gasteiger partial charge >= 0.3 is 0 Å². The number of sulfonamides is 1. The fraction of sp³-hybridized carbons (Fsp3) is 0.133. The van der Waals surface area contributed by atoms with Gasteiger partial charge in [-0.1, -0.05) is 17.7 Å². The first-order valence-corrected chi connectivity index (χ1v) is 8.32. The lowest BCUT2D eigenvalue weighted by Crippen LogP contribution is -2.22. The Hall–Kier alpha value is -1.96. The molecule has 0 aromatic heterocycles. The number of amides is 1. The van der Waals surface area contributed by atoms with E-state index in [-0.39, 0.29) is 21.2 Å². The normalized spacial score (nSPS) is 11.5. The molecule has 0 fully saturated rings.